The van der Waals surface area contributed by atoms with Crippen LogP contribution in [-0.4, -0.2) is 11.8 Å². The first-order valence-electron chi connectivity index (χ1n) is 8.41. The van der Waals surface area contributed by atoms with E-state index in [1.165, 1.54) is 0 Å². The predicted octanol–water partition coefficient (Wildman–Crippen LogP) is 4.58. The molecule has 2 atom stereocenters. The number of carbonyl (C=O) groups is 2. The molecule has 0 saturated heterocycles. The molecule has 1 aromatic rings. The van der Waals surface area contributed by atoms with E-state index in [9.17, 15) is 9.59 Å². The summed E-state index contributed by atoms with van der Waals surface area (Å²) in [6.07, 6.45) is 4.07. The highest BCUT2D eigenvalue weighted by atomic mass is 16.5. The maximum atomic E-state index is 12.8. The van der Waals surface area contributed by atoms with Gasteiger partial charge in [0.05, 0.1) is 0 Å². The molecule has 0 amide bonds. The van der Waals surface area contributed by atoms with Gasteiger partial charge >= 0.3 is 5.97 Å². The molecule has 2 aliphatic carbocycles. The second-order valence-electron chi connectivity index (χ2n) is 7.81. The molecule has 0 heterocycles. The molecule has 3 nitrogen and oxygen atoms in total. The van der Waals surface area contributed by atoms with Crippen LogP contribution in [0.2, 0.25) is 0 Å². The summed E-state index contributed by atoms with van der Waals surface area (Å²) in [7, 11) is 0. The highest BCUT2D eigenvalue weighted by Gasteiger charge is 2.63. The van der Waals surface area contributed by atoms with Gasteiger partial charge in [-0.25, -0.2) is 4.79 Å². The van der Waals surface area contributed by atoms with Gasteiger partial charge < -0.3 is 4.74 Å². The third-order valence-corrected chi connectivity index (χ3v) is 6.13. The SMILES string of the molecule is C=C(C)C(=O)Oc1ccc(C=C2C(=O)C3(C)CCC2C3(C)C)cc1. The lowest BCUT2D eigenvalue weighted by Gasteiger charge is -2.31. The zero-order chi connectivity index (χ0) is 17.7. The van der Waals surface area contributed by atoms with Gasteiger partial charge in [-0.1, -0.05) is 39.5 Å². The van der Waals surface area contributed by atoms with Crippen molar-refractivity contribution >= 4 is 17.8 Å². The summed E-state index contributed by atoms with van der Waals surface area (Å²) in [4.78, 5) is 24.4. The Labute approximate surface area is 143 Å². The largest absolute Gasteiger partial charge is 0.423 e. The molecule has 0 radical (unpaired) electrons. The van der Waals surface area contributed by atoms with Crippen molar-refractivity contribution in [2.24, 2.45) is 16.7 Å². The monoisotopic (exact) mass is 324 g/mol. The second kappa shape index (κ2) is 5.44. The molecular weight excluding hydrogens is 300 g/mol. The molecule has 2 unspecified atom stereocenters. The predicted molar refractivity (Wildman–Crippen MR) is 94.5 cm³/mol. The Morgan fingerprint density at radius 1 is 1.25 bits per heavy atom. The van der Waals surface area contributed by atoms with Crippen molar-refractivity contribution in [2.45, 2.75) is 40.5 Å². The van der Waals surface area contributed by atoms with E-state index in [-0.39, 0.29) is 10.8 Å². The Balaban J connectivity index is 1.84. The first kappa shape index (κ1) is 16.7. The molecular formula is C21H24O3. The van der Waals surface area contributed by atoms with E-state index in [1.54, 1.807) is 19.1 Å². The number of ether oxygens (including phenoxy) is 1. The van der Waals surface area contributed by atoms with Crippen molar-refractivity contribution in [3.63, 3.8) is 0 Å². The topological polar surface area (TPSA) is 43.4 Å². The van der Waals surface area contributed by atoms with E-state index in [0.29, 0.717) is 23.0 Å². The van der Waals surface area contributed by atoms with E-state index in [4.69, 9.17) is 4.74 Å². The van der Waals surface area contributed by atoms with Gasteiger partial charge in [0.2, 0.25) is 0 Å². The Kier molecular flexibility index (Phi) is 3.78. The van der Waals surface area contributed by atoms with E-state index in [2.05, 4.69) is 27.4 Å². The summed E-state index contributed by atoms with van der Waals surface area (Å²) in [6.45, 7) is 11.7. The average molecular weight is 324 g/mol. The number of esters is 1. The first-order valence-corrected chi connectivity index (χ1v) is 8.41. The molecule has 1 aromatic carbocycles. The fourth-order valence-corrected chi connectivity index (χ4v) is 4.10. The maximum absolute atomic E-state index is 12.8. The number of fused-ring (bicyclic) bond motifs is 2. The van der Waals surface area contributed by atoms with Gasteiger partial charge in [0, 0.05) is 11.0 Å². The summed E-state index contributed by atoms with van der Waals surface area (Å²) in [5.74, 6) is 0.674. The van der Waals surface area contributed by atoms with Crippen LogP contribution in [0.1, 0.15) is 46.1 Å². The van der Waals surface area contributed by atoms with Crippen molar-refractivity contribution in [3.8, 4) is 5.75 Å². The summed E-state index contributed by atoms with van der Waals surface area (Å²) in [6, 6.07) is 7.25. The van der Waals surface area contributed by atoms with Gasteiger partial charge in [0.1, 0.15) is 5.75 Å². The molecule has 3 heteroatoms. The molecule has 2 aliphatic rings. The summed E-state index contributed by atoms with van der Waals surface area (Å²) in [5, 5.41) is 0. The summed E-state index contributed by atoms with van der Waals surface area (Å²) in [5.41, 5.74) is 2.05. The lowest BCUT2D eigenvalue weighted by Crippen LogP contribution is -2.32. The van der Waals surface area contributed by atoms with Crippen LogP contribution in [0.3, 0.4) is 0 Å². The van der Waals surface area contributed by atoms with Crippen molar-refractivity contribution in [1.82, 2.24) is 0 Å². The number of benzene rings is 1. The molecule has 2 bridgehead atoms. The Morgan fingerprint density at radius 2 is 1.88 bits per heavy atom. The molecule has 0 spiro atoms. The smallest absolute Gasteiger partial charge is 0.338 e. The molecule has 0 N–H and O–H groups in total. The minimum Gasteiger partial charge on any atom is -0.423 e. The molecule has 0 aromatic heterocycles. The normalized spacial score (nSPS) is 29.1. The number of rotatable bonds is 3. The van der Waals surface area contributed by atoms with Crippen LogP contribution < -0.4 is 4.74 Å². The zero-order valence-corrected chi connectivity index (χ0v) is 14.8. The lowest BCUT2D eigenvalue weighted by atomic mass is 9.70. The van der Waals surface area contributed by atoms with Crippen LogP contribution in [0.25, 0.3) is 6.08 Å². The van der Waals surface area contributed by atoms with Crippen LogP contribution in [0.4, 0.5) is 0 Å². The van der Waals surface area contributed by atoms with Crippen LogP contribution in [0.15, 0.2) is 42.0 Å². The van der Waals surface area contributed by atoms with Gasteiger partial charge in [-0.2, -0.15) is 0 Å². The number of hydrogen-bond donors (Lipinski definition) is 0. The first-order chi connectivity index (χ1) is 11.2. The molecule has 24 heavy (non-hydrogen) atoms. The quantitative estimate of drug-likeness (QED) is 0.464. The number of carbonyl (C=O) groups excluding carboxylic acids is 2. The third kappa shape index (κ3) is 2.34. The van der Waals surface area contributed by atoms with Crippen LogP contribution in [0.5, 0.6) is 5.75 Å². The van der Waals surface area contributed by atoms with Crippen LogP contribution in [-0.2, 0) is 9.59 Å². The Hall–Kier alpha value is -2.16. The van der Waals surface area contributed by atoms with Crippen molar-refractivity contribution < 1.29 is 14.3 Å². The number of hydrogen-bond acceptors (Lipinski definition) is 3. The van der Waals surface area contributed by atoms with Gasteiger partial charge in [0.15, 0.2) is 5.78 Å². The third-order valence-electron chi connectivity index (χ3n) is 6.13. The molecule has 0 aliphatic heterocycles. The van der Waals surface area contributed by atoms with E-state index in [1.807, 2.05) is 18.2 Å². The van der Waals surface area contributed by atoms with E-state index >= 15 is 0 Å². The fraction of sp³-hybridized carbons (Fsp3) is 0.429. The van der Waals surface area contributed by atoms with Crippen molar-refractivity contribution in [2.75, 3.05) is 0 Å². The maximum Gasteiger partial charge on any atom is 0.338 e. The Bertz CT molecular complexity index is 752. The Morgan fingerprint density at radius 3 is 2.38 bits per heavy atom. The zero-order valence-electron chi connectivity index (χ0n) is 14.8. The fourth-order valence-electron chi connectivity index (χ4n) is 4.10. The lowest BCUT2D eigenvalue weighted by molar-refractivity contribution is -0.130. The van der Waals surface area contributed by atoms with Crippen LogP contribution in [0, 0.1) is 16.7 Å². The minimum absolute atomic E-state index is 0.0207. The highest BCUT2D eigenvalue weighted by molar-refractivity contribution is 6.07. The number of ketones is 1. The minimum atomic E-state index is -0.431. The molecule has 2 fully saturated rings. The van der Waals surface area contributed by atoms with Crippen molar-refractivity contribution in [3.05, 3.63) is 47.6 Å². The van der Waals surface area contributed by atoms with Gasteiger partial charge in [-0.05, 0) is 60.4 Å². The summed E-state index contributed by atoms with van der Waals surface area (Å²) < 4.78 is 5.19. The average Bonchev–Trinajstić information content (AvgIpc) is 2.83. The second-order valence-corrected chi connectivity index (χ2v) is 7.81. The van der Waals surface area contributed by atoms with E-state index in [0.717, 1.165) is 24.0 Å². The molecule has 2 saturated carbocycles. The highest BCUT2D eigenvalue weighted by Crippen LogP contribution is 2.65. The number of allylic oxidation sites excluding steroid dienone is 1. The molecule has 126 valence electrons. The number of Topliss-reactive ketones (excluding diaryl/α,β-unsaturated/α-hetero) is 1. The van der Waals surface area contributed by atoms with Crippen molar-refractivity contribution in [1.29, 1.82) is 0 Å². The summed E-state index contributed by atoms with van der Waals surface area (Å²) >= 11 is 0. The van der Waals surface area contributed by atoms with Gasteiger partial charge in [0.25, 0.3) is 0 Å². The standard InChI is InChI=1S/C21H24O3/c1-13(2)19(23)24-15-8-6-14(7-9-15)12-16-17-10-11-21(5,18(16)22)20(17,3)4/h6-9,12,17H,1,10-11H2,2-5H3. The van der Waals surface area contributed by atoms with Crippen LogP contribution >= 0.6 is 0 Å². The molecule has 3 rings (SSSR count). The van der Waals surface area contributed by atoms with E-state index < -0.39 is 5.97 Å². The van der Waals surface area contributed by atoms with Gasteiger partial charge in [-0.15, -0.1) is 0 Å². The van der Waals surface area contributed by atoms with Gasteiger partial charge in [-0.3, -0.25) is 4.79 Å².